The van der Waals surface area contributed by atoms with Crippen molar-refractivity contribution in [1.82, 2.24) is 20.3 Å². The van der Waals surface area contributed by atoms with Gasteiger partial charge in [-0.3, -0.25) is 0 Å². The van der Waals surface area contributed by atoms with Crippen molar-refractivity contribution in [3.05, 3.63) is 41.7 Å². The molecule has 0 fully saturated rings. The topological polar surface area (TPSA) is 52.0 Å². The van der Waals surface area contributed by atoms with Crippen LogP contribution >= 0.6 is 0 Å². The highest BCUT2D eigenvalue weighted by atomic mass is 16.5. The highest BCUT2D eigenvalue weighted by Crippen LogP contribution is 2.10. The number of benzene rings is 1. The lowest BCUT2D eigenvalue weighted by molar-refractivity contribution is 0.185. The number of rotatable bonds is 6. The first-order chi connectivity index (χ1) is 8.83. The summed E-state index contributed by atoms with van der Waals surface area (Å²) in [5, 5.41) is 11.5. The van der Waals surface area contributed by atoms with Crippen LogP contribution in [0.4, 0.5) is 0 Å². The fourth-order valence-electron chi connectivity index (χ4n) is 1.71. The van der Waals surface area contributed by atoms with Crippen LogP contribution in [0, 0.1) is 0 Å². The van der Waals surface area contributed by atoms with Crippen LogP contribution in [0.2, 0.25) is 0 Å². The number of aromatic nitrogens is 3. The van der Waals surface area contributed by atoms with Gasteiger partial charge in [0.15, 0.2) is 0 Å². The van der Waals surface area contributed by atoms with E-state index in [1.807, 2.05) is 24.4 Å². The van der Waals surface area contributed by atoms with Gasteiger partial charge >= 0.3 is 0 Å². The van der Waals surface area contributed by atoms with Crippen LogP contribution in [0.3, 0.4) is 0 Å². The Balaban J connectivity index is 2.15. The minimum absolute atomic E-state index is 0.604. The van der Waals surface area contributed by atoms with E-state index in [1.165, 1.54) is 0 Å². The monoisotopic (exact) mass is 246 g/mol. The summed E-state index contributed by atoms with van der Waals surface area (Å²) in [5.41, 5.74) is 3.06. The first kappa shape index (κ1) is 12.7. The SMILES string of the molecule is CCNCc1cn(-c2cccc(COC)c2)nn1. The molecule has 0 aliphatic carbocycles. The summed E-state index contributed by atoms with van der Waals surface area (Å²) in [6.07, 6.45) is 1.94. The Bertz CT molecular complexity index is 495. The molecule has 0 spiro atoms. The normalized spacial score (nSPS) is 10.8. The standard InChI is InChI=1S/C13H18N4O/c1-3-14-8-12-9-17(16-15-12)13-6-4-5-11(7-13)10-18-2/h4-7,9,14H,3,8,10H2,1-2H3. The van der Waals surface area contributed by atoms with Crippen molar-refractivity contribution in [3.8, 4) is 5.69 Å². The minimum atomic E-state index is 0.604. The van der Waals surface area contributed by atoms with E-state index in [-0.39, 0.29) is 0 Å². The van der Waals surface area contributed by atoms with E-state index >= 15 is 0 Å². The third-order valence-electron chi connectivity index (χ3n) is 2.58. The lowest BCUT2D eigenvalue weighted by Crippen LogP contribution is -2.11. The molecule has 96 valence electrons. The fraction of sp³-hybridized carbons (Fsp3) is 0.385. The maximum absolute atomic E-state index is 5.12. The zero-order valence-corrected chi connectivity index (χ0v) is 10.8. The van der Waals surface area contributed by atoms with Crippen LogP contribution in [0.15, 0.2) is 30.5 Å². The maximum Gasteiger partial charge on any atom is 0.0969 e. The summed E-state index contributed by atoms with van der Waals surface area (Å²) >= 11 is 0. The molecule has 18 heavy (non-hydrogen) atoms. The van der Waals surface area contributed by atoms with Gasteiger partial charge in [0.25, 0.3) is 0 Å². The Hall–Kier alpha value is -1.72. The van der Waals surface area contributed by atoms with Gasteiger partial charge in [-0.05, 0) is 24.2 Å². The average Bonchev–Trinajstić information content (AvgIpc) is 2.86. The molecule has 0 unspecified atom stereocenters. The number of hydrogen-bond donors (Lipinski definition) is 1. The number of nitrogens with zero attached hydrogens (tertiary/aromatic N) is 3. The molecule has 0 amide bonds. The molecule has 0 saturated heterocycles. The summed E-state index contributed by atoms with van der Waals surface area (Å²) in [4.78, 5) is 0. The van der Waals surface area contributed by atoms with Crippen LogP contribution in [-0.4, -0.2) is 28.6 Å². The molecule has 0 radical (unpaired) electrons. The quantitative estimate of drug-likeness (QED) is 0.839. The number of methoxy groups -OCH3 is 1. The van der Waals surface area contributed by atoms with Crippen LogP contribution in [0.1, 0.15) is 18.2 Å². The molecule has 1 aromatic heterocycles. The summed E-state index contributed by atoms with van der Waals surface area (Å²) in [6, 6.07) is 8.08. The van der Waals surface area contributed by atoms with Gasteiger partial charge in [0.1, 0.15) is 0 Å². The molecule has 1 heterocycles. The lowest BCUT2D eigenvalue weighted by Gasteiger charge is -2.03. The second-order valence-electron chi connectivity index (χ2n) is 4.04. The number of hydrogen-bond acceptors (Lipinski definition) is 4. The Kier molecular flexibility index (Phi) is 4.44. The van der Waals surface area contributed by atoms with Gasteiger partial charge in [-0.2, -0.15) is 0 Å². The van der Waals surface area contributed by atoms with E-state index in [0.29, 0.717) is 6.61 Å². The van der Waals surface area contributed by atoms with Crippen molar-refractivity contribution >= 4 is 0 Å². The molecular weight excluding hydrogens is 228 g/mol. The van der Waals surface area contributed by atoms with Gasteiger partial charge in [0.05, 0.1) is 24.2 Å². The molecule has 0 bridgehead atoms. The molecule has 0 aliphatic heterocycles. The van der Waals surface area contributed by atoms with Crippen molar-refractivity contribution < 1.29 is 4.74 Å². The first-order valence-corrected chi connectivity index (χ1v) is 6.03. The Morgan fingerprint density at radius 2 is 2.28 bits per heavy atom. The molecular formula is C13H18N4O. The predicted molar refractivity (Wildman–Crippen MR) is 69.5 cm³/mol. The average molecular weight is 246 g/mol. The van der Waals surface area contributed by atoms with E-state index in [4.69, 9.17) is 4.74 Å². The van der Waals surface area contributed by atoms with Gasteiger partial charge in [0.2, 0.25) is 0 Å². The molecule has 2 rings (SSSR count). The Morgan fingerprint density at radius 1 is 1.39 bits per heavy atom. The largest absolute Gasteiger partial charge is 0.380 e. The summed E-state index contributed by atoms with van der Waals surface area (Å²) < 4.78 is 6.91. The summed E-state index contributed by atoms with van der Waals surface area (Å²) in [7, 11) is 1.69. The smallest absolute Gasteiger partial charge is 0.0969 e. The van der Waals surface area contributed by atoms with Crippen LogP contribution < -0.4 is 5.32 Å². The Labute approximate surface area is 107 Å². The van der Waals surface area contributed by atoms with E-state index in [9.17, 15) is 0 Å². The number of nitrogens with one attached hydrogen (secondary N) is 1. The van der Waals surface area contributed by atoms with Gasteiger partial charge in [-0.1, -0.05) is 24.3 Å². The minimum Gasteiger partial charge on any atom is -0.380 e. The third kappa shape index (κ3) is 3.15. The fourth-order valence-corrected chi connectivity index (χ4v) is 1.71. The zero-order chi connectivity index (χ0) is 12.8. The first-order valence-electron chi connectivity index (χ1n) is 6.03. The highest BCUT2D eigenvalue weighted by Gasteiger charge is 2.03. The molecule has 5 heteroatoms. The molecule has 2 aromatic rings. The predicted octanol–water partition coefficient (Wildman–Crippen LogP) is 1.52. The Morgan fingerprint density at radius 3 is 3.06 bits per heavy atom. The van der Waals surface area contributed by atoms with Crippen molar-refractivity contribution in [2.24, 2.45) is 0 Å². The maximum atomic E-state index is 5.12. The summed E-state index contributed by atoms with van der Waals surface area (Å²) in [5.74, 6) is 0. The van der Waals surface area contributed by atoms with Crippen LogP contribution in [-0.2, 0) is 17.9 Å². The van der Waals surface area contributed by atoms with E-state index in [2.05, 4.69) is 28.6 Å². The molecule has 0 saturated carbocycles. The van der Waals surface area contributed by atoms with Crippen LogP contribution in [0.5, 0.6) is 0 Å². The molecule has 5 nitrogen and oxygen atoms in total. The van der Waals surface area contributed by atoms with Crippen molar-refractivity contribution in [1.29, 1.82) is 0 Å². The van der Waals surface area contributed by atoms with Gasteiger partial charge in [-0.25, -0.2) is 4.68 Å². The van der Waals surface area contributed by atoms with Crippen molar-refractivity contribution in [2.75, 3.05) is 13.7 Å². The number of ether oxygens (including phenoxy) is 1. The second kappa shape index (κ2) is 6.28. The molecule has 0 aliphatic rings. The van der Waals surface area contributed by atoms with Gasteiger partial charge in [-0.15, -0.1) is 5.10 Å². The van der Waals surface area contributed by atoms with Crippen molar-refractivity contribution in [3.63, 3.8) is 0 Å². The van der Waals surface area contributed by atoms with E-state index in [1.54, 1.807) is 11.8 Å². The van der Waals surface area contributed by atoms with E-state index < -0.39 is 0 Å². The zero-order valence-electron chi connectivity index (χ0n) is 10.8. The molecule has 0 atom stereocenters. The lowest BCUT2D eigenvalue weighted by atomic mass is 10.2. The van der Waals surface area contributed by atoms with E-state index in [0.717, 1.165) is 30.0 Å². The third-order valence-corrected chi connectivity index (χ3v) is 2.58. The van der Waals surface area contributed by atoms with Gasteiger partial charge < -0.3 is 10.1 Å². The second-order valence-corrected chi connectivity index (χ2v) is 4.04. The van der Waals surface area contributed by atoms with Gasteiger partial charge in [0, 0.05) is 13.7 Å². The highest BCUT2D eigenvalue weighted by molar-refractivity contribution is 5.34. The summed E-state index contributed by atoms with van der Waals surface area (Å²) in [6.45, 7) is 4.34. The van der Waals surface area contributed by atoms with Crippen LogP contribution in [0.25, 0.3) is 5.69 Å². The molecule has 1 N–H and O–H groups in total. The van der Waals surface area contributed by atoms with Crippen molar-refractivity contribution in [2.45, 2.75) is 20.1 Å². The molecule has 1 aromatic carbocycles.